The Morgan fingerprint density at radius 3 is 0.967 bits per heavy atom. The third-order valence-corrected chi connectivity index (χ3v) is 4.02. The van der Waals surface area contributed by atoms with Crippen molar-refractivity contribution in [3.8, 4) is 0 Å². The van der Waals surface area contributed by atoms with E-state index in [1.54, 1.807) is 0 Å². The minimum Gasteiger partial charge on any atom is -0.358 e. The van der Waals surface area contributed by atoms with E-state index in [4.69, 9.17) is 0 Å². The van der Waals surface area contributed by atoms with Gasteiger partial charge in [-0.25, -0.2) is 0 Å². The second kappa shape index (κ2) is 21.8. The molecule has 2 radical (unpaired) electrons. The summed E-state index contributed by atoms with van der Waals surface area (Å²) in [5.74, 6) is 0. The average molecular weight is 552 g/mol. The quantitative estimate of drug-likeness (QED) is 0.191. The molecule has 30 heavy (non-hydrogen) atoms. The third-order valence-electron chi connectivity index (χ3n) is 4.02. The molecule has 0 bridgehead atoms. The SMILES string of the molecule is CC.CC.Cc1cccc2ccccc12.Cc1cccc2ccccc12.[CH3-].[CH3-].[Y].[Y]. The summed E-state index contributed by atoms with van der Waals surface area (Å²) in [4.78, 5) is 0. The van der Waals surface area contributed by atoms with Crippen LogP contribution in [0, 0.1) is 28.7 Å². The van der Waals surface area contributed by atoms with Gasteiger partial charge in [0.15, 0.2) is 0 Å². The predicted octanol–water partition coefficient (Wildman–Crippen LogP) is 9.24. The number of hydrogen-bond acceptors (Lipinski definition) is 0. The summed E-state index contributed by atoms with van der Waals surface area (Å²) in [6.07, 6.45) is 0. The standard InChI is InChI=1S/2C11H10.2C2H6.2CH3.2Y/c2*1-9-5-4-7-10-6-2-3-8-11(9)10;2*1-2;;;;/h2*2-8H,1H3;2*1-2H3;2*1H3;;/q;;;;2*-1;;. The Morgan fingerprint density at radius 2 is 0.667 bits per heavy atom. The molecule has 0 aromatic heterocycles. The van der Waals surface area contributed by atoms with E-state index in [1.807, 2.05) is 27.7 Å². The van der Waals surface area contributed by atoms with Gasteiger partial charge in [0.1, 0.15) is 0 Å². The summed E-state index contributed by atoms with van der Waals surface area (Å²) in [7, 11) is 0. The monoisotopic (exact) mass is 552 g/mol. The predicted molar refractivity (Wildman–Crippen MR) is 133 cm³/mol. The summed E-state index contributed by atoms with van der Waals surface area (Å²) in [6, 6.07) is 29.7. The van der Waals surface area contributed by atoms with Gasteiger partial charge in [-0.15, -0.1) is 0 Å². The molecule has 4 aromatic carbocycles. The summed E-state index contributed by atoms with van der Waals surface area (Å²) in [6.45, 7) is 12.3. The number of hydrogen-bond donors (Lipinski definition) is 0. The maximum absolute atomic E-state index is 2.16. The van der Waals surface area contributed by atoms with Crippen LogP contribution in [0.4, 0.5) is 0 Å². The first-order chi connectivity index (χ1) is 12.8. The molecule has 2 heteroatoms. The molecule has 4 aromatic rings. The fourth-order valence-corrected chi connectivity index (χ4v) is 2.77. The summed E-state index contributed by atoms with van der Waals surface area (Å²) in [5, 5.41) is 5.37. The molecule has 0 nitrogen and oxygen atoms in total. The molecule has 4 rings (SSSR count). The summed E-state index contributed by atoms with van der Waals surface area (Å²) < 4.78 is 0. The van der Waals surface area contributed by atoms with E-state index < -0.39 is 0 Å². The Labute approximate surface area is 237 Å². The largest absolute Gasteiger partial charge is 0.358 e. The molecule has 0 atom stereocenters. The second-order valence-corrected chi connectivity index (χ2v) is 5.59. The topological polar surface area (TPSA) is 0 Å². The molecule has 0 N–H and O–H groups in total. The van der Waals surface area contributed by atoms with Gasteiger partial charge in [-0.2, -0.15) is 0 Å². The van der Waals surface area contributed by atoms with E-state index in [1.165, 1.54) is 32.7 Å². The minimum atomic E-state index is 0. The number of fused-ring (bicyclic) bond motifs is 2. The molecule has 0 spiro atoms. The third kappa shape index (κ3) is 11.3. The van der Waals surface area contributed by atoms with Gasteiger partial charge in [0.2, 0.25) is 0 Å². The van der Waals surface area contributed by atoms with Crippen molar-refractivity contribution in [2.24, 2.45) is 0 Å². The maximum Gasteiger partial charge on any atom is 0 e. The van der Waals surface area contributed by atoms with E-state index in [2.05, 4.69) is 98.8 Å². The molecular formula is C28H38Y2-2. The zero-order valence-corrected chi connectivity index (χ0v) is 25.9. The zero-order valence-electron chi connectivity index (χ0n) is 20.2. The molecule has 0 amide bonds. The Balaban J connectivity index is -0.000000173. The van der Waals surface area contributed by atoms with Crippen LogP contribution in [0.25, 0.3) is 21.5 Å². The molecule has 0 aliphatic heterocycles. The van der Waals surface area contributed by atoms with Crippen LogP contribution in [0.15, 0.2) is 84.9 Å². The van der Waals surface area contributed by atoms with Gasteiger partial charge in [0.25, 0.3) is 0 Å². The van der Waals surface area contributed by atoms with Crippen molar-refractivity contribution >= 4 is 21.5 Å². The Morgan fingerprint density at radius 1 is 0.400 bits per heavy atom. The van der Waals surface area contributed by atoms with Crippen molar-refractivity contribution in [3.05, 3.63) is 111 Å². The van der Waals surface area contributed by atoms with Gasteiger partial charge in [0, 0.05) is 65.4 Å². The minimum absolute atomic E-state index is 0. The average Bonchev–Trinajstić information content (AvgIpc) is 2.72. The molecule has 0 aliphatic rings. The van der Waals surface area contributed by atoms with Crippen LogP contribution in [0.2, 0.25) is 0 Å². The van der Waals surface area contributed by atoms with Crippen molar-refractivity contribution in [2.75, 3.05) is 0 Å². The zero-order chi connectivity index (χ0) is 19.4. The van der Waals surface area contributed by atoms with Crippen LogP contribution in [0.1, 0.15) is 38.8 Å². The maximum atomic E-state index is 2.16. The fraction of sp³-hybridized carbons (Fsp3) is 0.214. The Bertz CT molecular complexity index is 826. The van der Waals surface area contributed by atoms with Crippen molar-refractivity contribution in [1.29, 1.82) is 0 Å². The van der Waals surface area contributed by atoms with Crippen LogP contribution in [-0.2, 0) is 65.4 Å². The molecule has 0 heterocycles. The van der Waals surface area contributed by atoms with Gasteiger partial charge in [-0.3, -0.25) is 0 Å². The first kappa shape index (κ1) is 37.0. The van der Waals surface area contributed by atoms with Gasteiger partial charge < -0.3 is 14.9 Å². The van der Waals surface area contributed by atoms with Gasteiger partial charge in [-0.05, 0) is 46.5 Å². The Hall–Kier alpha value is -0.392. The van der Waals surface area contributed by atoms with Crippen molar-refractivity contribution in [2.45, 2.75) is 41.5 Å². The van der Waals surface area contributed by atoms with E-state index >= 15 is 0 Å². The van der Waals surface area contributed by atoms with E-state index in [0.717, 1.165) is 0 Å². The van der Waals surface area contributed by atoms with Crippen molar-refractivity contribution < 1.29 is 65.4 Å². The van der Waals surface area contributed by atoms with Crippen LogP contribution in [0.5, 0.6) is 0 Å². The van der Waals surface area contributed by atoms with Gasteiger partial charge >= 0.3 is 0 Å². The first-order valence-corrected chi connectivity index (χ1v) is 9.64. The number of rotatable bonds is 0. The van der Waals surface area contributed by atoms with Crippen LogP contribution < -0.4 is 0 Å². The second-order valence-electron chi connectivity index (χ2n) is 5.59. The molecule has 0 unspecified atom stereocenters. The normalized spacial score (nSPS) is 7.93. The fourth-order valence-electron chi connectivity index (χ4n) is 2.77. The first-order valence-electron chi connectivity index (χ1n) is 9.64. The van der Waals surface area contributed by atoms with Crippen LogP contribution in [-0.4, -0.2) is 0 Å². The number of aryl methyl sites for hydroxylation is 2. The van der Waals surface area contributed by atoms with E-state index in [0.29, 0.717) is 0 Å². The van der Waals surface area contributed by atoms with Crippen molar-refractivity contribution in [3.63, 3.8) is 0 Å². The number of benzene rings is 4. The van der Waals surface area contributed by atoms with Gasteiger partial charge in [-0.1, -0.05) is 113 Å². The molecular weight excluding hydrogens is 514 g/mol. The van der Waals surface area contributed by atoms with E-state index in [-0.39, 0.29) is 80.3 Å². The molecule has 0 saturated heterocycles. The van der Waals surface area contributed by atoms with Gasteiger partial charge in [0.05, 0.1) is 0 Å². The summed E-state index contributed by atoms with van der Waals surface area (Å²) in [5.41, 5.74) is 2.70. The smallest absolute Gasteiger partial charge is 0 e. The Kier molecular flexibility index (Phi) is 26.9. The van der Waals surface area contributed by atoms with Crippen molar-refractivity contribution in [1.82, 2.24) is 0 Å². The summed E-state index contributed by atoms with van der Waals surface area (Å²) >= 11 is 0. The van der Waals surface area contributed by atoms with E-state index in [9.17, 15) is 0 Å². The van der Waals surface area contributed by atoms with Crippen LogP contribution in [0.3, 0.4) is 0 Å². The molecule has 0 fully saturated rings. The molecule has 0 saturated carbocycles. The van der Waals surface area contributed by atoms with Crippen LogP contribution >= 0.6 is 0 Å². The molecule has 0 aliphatic carbocycles. The molecule has 158 valence electrons.